The van der Waals surface area contributed by atoms with Gasteiger partial charge in [0.2, 0.25) is 5.91 Å². The van der Waals surface area contributed by atoms with Gasteiger partial charge in [-0.3, -0.25) is 4.79 Å². The minimum absolute atomic E-state index is 0.167. The van der Waals surface area contributed by atoms with Gasteiger partial charge in [0.15, 0.2) is 0 Å². The van der Waals surface area contributed by atoms with E-state index in [4.69, 9.17) is 15.2 Å². The van der Waals surface area contributed by atoms with Gasteiger partial charge in [0, 0.05) is 7.11 Å². The monoisotopic (exact) mass is 244 g/mol. The van der Waals surface area contributed by atoms with Crippen LogP contribution < -0.4 is 11.1 Å². The Bertz CT molecular complexity index is 260. The highest BCUT2D eigenvalue weighted by Gasteiger charge is 2.31. The van der Waals surface area contributed by atoms with Crippen LogP contribution in [0.3, 0.4) is 0 Å². The highest BCUT2D eigenvalue weighted by atomic mass is 16.5. The van der Waals surface area contributed by atoms with Gasteiger partial charge < -0.3 is 20.5 Å². The summed E-state index contributed by atoms with van der Waals surface area (Å²) in [5.41, 5.74) is 4.55. The second-order valence-electron chi connectivity index (χ2n) is 4.90. The Kier molecular flexibility index (Phi) is 5.36. The van der Waals surface area contributed by atoms with E-state index >= 15 is 0 Å². The zero-order chi connectivity index (χ0) is 12.9. The largest absolute Gasteiger partial charge is 0.381 e. The van der Waals surface area contributed by atoms with Crippen molar-refractivity contribution in [2.75, 3.05) is 20.8 Å². The fourth-order valence-corrected chi connectivity index (χ4v) is 2.02. The van der Waals surface area contributed by atoms with Crippen LogP contribution in [-0.2, 0) is 14.3 Å². The number of likely N-dealkylation sites (N-methyl/N-ethyl adjacent to an activating group) is 1. The Hall–Kier alpha value is -0.650. The van der Waals surface area contributed by atoms with Gasteiger partial charge in [-0.05, 0) is 39.7 Å². The third kappa shape index (κ3) is 3.94. The number of methoxy groups -OCH3 is 1. The van der Waals surface area contributed by atoms with Crippen molar-refractivity contribution < 1.29 is 14.3 Å². The molecule has 1 amide bonds. The first-order valence-corrected chi connectivity index (χ1v) is 6.15. The van der Waals surface area contributed by atoms with Crippen molar-refractivity contribution in [3.63, 3.8) is 0 Å². The van der Waals surface area contributed by atoms with Crippen molar-refractivity contribution >= 4 is 5.91 Å². The van der Waals surface area contributed by atoms with Gasteiger partial charge in [0.1, 0.15) is 5.54 Å². The Morgan fingerprint density at radius 1 is 1.47 bits per heavy atom. The molecule has 0 aromatic rings. The summed E-state index contributed by atoms with van der Waals surface area (Å²) >= 11 is 0. The van der Waals surface area contributed by atoms with E-state index in [1.807, 2.05) is 0 Å². The lowest BCUT2D eigenvalue weighted by Crippen LogP contribution is -2.55. The van der Waals surface area contributed by atoms with E-state index in [1.165, 1.54) is 0 Å². The normalized spacial score (nSPS) is 28.6. The minimum atomic E-state index is -0.792. The maximum absolute atomic E-state index is 11.3. The molecule has 0 aliphatic heterocycles. The van der Waals surface area contributed by atoms with Gasteiger partial charge in [-0.25, -0.2) is 0 Å². The van der Waals surface area contributed by atoms with Crippen molar-refractivity contribution in [3.05, 3.63) is 0 Å². The van der Waals surface area contributed by atoms with Gasteiger partial charge in [0.25, 0.3) is 0 Å². The Morgan fingerprint density at radius 3 is 2.65 bits per heavy atom. The Balaban J connectivity index is 2.41. The molecule has 1 rings (SSSR count). The molecule has 1 aliphatic rings. The summed E-state index contributed by atoms with van der Waals surface area (Å²) < 4.78 is 11.1. The van der Waals surface area contributed by atoms with Crippen LogP contribution in [0.15, 0.2) is 0 Å². The summed E-state index contributed by atoms with van der Waals surface area (Å²) in [6.07, 6.45) is 4.57. The highest BCUT2D eigenvalue weighted by molar-refractivity contribution is 5.84. The molecule has 3 N–H and O–H groups in total. The van der Waals surface area contributed by atoms with Gasteiger partial charge in [0.05, 0.1) is 18.8 Å². The molecule has 5 nitrogen and oxygen atoms in total. The molecular formula is C12H24N2O3. The van der Waals surface area contributed by atoms with Crippen LogP contribution in [0.25, 0.3) is 0 Å². The first-order chi connectivity index (χ1) is 8.01. The predicted molar refractivity (Wildman–Crippen MR) is 65.7 cm³/mol. The van der Waals surface area contributed by atoms with Gasteiger partial charge in [-0.15, -0.1) is 0 Å². The van der Waals surface area contributed by atoms with Gasteiger partial charge in [-0.1, -0.05) is 0 Å². The Labute approximate surface area is 103 Å². The summed E-state index contributed by atoms with van der Waals surface area (Å²) in [5.74, 6) is -0.390. The summed E-state index contributed by atoms with van der Waals surface area (Å²) in [6, 6.07) is 0. The van der Waals surface area contributed by atoms with Crippen LogP contribution >= 0.6 is 0 Å². The molecule has 100 valence electrons. The topological polar surface area (TPSA) is 73.6 Å². The third-order valence-electron chi connectivity index (χ3n) is 3.61. The molecule has 17 heavy (non-hydrogen) atoms. The molecule has 1 saturated carbocycles. The lowest BCUT2D eigenvalue weighted by Gasteiger charge is -2.32. The number of hydrogen-bond donors (Lipinski definition) is 2. The minimum Gasteiger partial charge on any atom is -0.381 e. The van der Waals surface area contributed by atoms with Crippen molar-refractivity contribution in [3.8, 4) is 0 Å². The first-order valence-electron chi connectivity index (χ1n) is 6.15. The average molecular weight is 244 g/mol. The fraction of sp³-hybridized carbons (Fsp3) is 0.917. The molecular weight excluding hydrogens is 220 g/mol. The maximum atomic E-state index is 11.3. The van der Waals surface area contributed by atoms with Crippen LogP contribution in [0, 0.1) is 0 Å². The number of primary amides is 1. The number of carbonyl (C=O) groups is 1. The van der Waals surface area contributed by atoms with Crippen molar-refractivity contribution in [2.45, 2.75) is 50.4 Å². The smallest absolute Gasteiger partial charge is 0.239 e. The molecule has 1 aliphatic carbocycles. The quantitative estimate of drug-likeness (QED) is 0.710. The molecule has 0 saturated heterocycles. The van der Waals surface area contributed by atoms with Crippen LogP contribution in [0.2, 0.25) is 0 Å². The van der Waals surface area contributed by atoms with Crippen molar-refractivity contribution in [1.29, 1.82) is 0 Å². The second-order valence-corrected chi connectivity index (χ2v) is 4.90. The molecule has 0 bridgehead atoms. The molecule has 3 unspecified atom stereocenters. The lowest BCUT2D eigenvalue weighted by molar-refractivity contribution is -0.128. The second kappa shape index (κ2) is 6.33. The maximum Gasteiger partial charge on any atom is 0.239 e. The first kappa shape index (κ1) is 14.4. The molecule has 0 aromatic heterocycles. The summed E-state index contributed by atoms with van der Waals surface area (Å²) in [4.78, 5) is 11.3. The van der Waals surface area contributed by atoms with Crippen LogP contribution in [-0.4, -0.2) is 44.4 Å². The van der Waals surface area contributed by atoms with E-state index in [0.717, 1.165) is 25.7 Å². The molecule has 0 radical (unpaired) electrons. The number of amides is 1. The standard InChI is InChI=1S/C12H24N2O3/c1-12(14-2,11(13)15)8-17-10-6-4-5-9(7-10)16-3/h9-10,14H,4-8H2,1-3H3,(H2,13,15). The predicted octanol–water partition coefficient (Wildman–Crippen LogP) is 0.424. The molecule has 1 fully saturated rings. The molecule has 0 spiro atoms. The average Bonchev–Trinajstić information content (AvgIpc) is 2.36. The summed E-state index contributed by atoms with van der Waals surface area (Å²) in [7, 11) is 3.45. The van der Waals surface area contributed by atoms with E-state index in [-0.39, 0.29) is 18.1 Å². The van der Waals surface area contributed by atoms with E-state index in [0.29, 0.717) is 6.61 Å². The molecule has 5 heteroatoms. The molecule has 3 atom stereocenters. The zero-order valence-electron chi connectivity index (χ0n) is 11.0. The number of carbonyl (C=O) groups excluding carboxylic acids is 1. The summed E-state index contributed by atoms with van der Waals surface area (Å²) in [6.45, 7) is 2.06. The third-order valence-corrected chi connectivity index (χ3v) is 3.61. The van der Waals surface area contributed by atoms with Crippen LogP contribution in [0.4, 0.5) is 0 Å². The number of ether oxygens (including phenoxy) is 2. The molecule has 0 heterocycles. The van der Waals surface area contributed by atoms with E-state index < -0.39 is 5.54 Å². The molecule has 0 aromatic carbocycles. The highest BCUT2D eigenvalue weighted by Crippen LogP contribution is 2.23. The lowest BCUT2D eigenvalue weighted by atomic mass is 9.94. The van der Waals surface area contributed by atoms with Crippen molar-refractivity contribution in [2.24, 2.45) is 5.73 Å². The fourth-order valence-electron chi connectivity index (χ4n) is 2.02. The van der Waals surface area contributed by atoms with Gasteiger partial charge >= 0.3 is 0 Å². The zero-order valence-corrected chi connectivity index (χ0v) is 11.0. The van der Waals surface area contributed by atoms with Crippen LogP contribution in [0.1, 0.15) is 32.6 Å². The number of nitrogens with one attached hydrogen (secondary N) is 1. The van der Waals surface area contributed by atoms with Gasteiger partial charge in [-0.2, -0.15) is 0 Å². The van der Waals surface area contributed by atoms with E-state index in [1.54, 1.807) is 21.1 Å². The van der Waals surface area contributed by atoms with E-state index in [9.17, 15) is 4.79 Å². The number of nitrogens with two attached hydrogens (primary N) is 1. The van der Waals surface area contributed by atoms with Crippen LogP contribution in [0.5, 0.6) is 0 Å². The van der Waals surface area contributed by atoms with E-state index in [2.05, 4.69) is 5.32 Å². The number of hydrogen-bond acceptors (Lipinski definition) is 4. The SMILES string of the molecule is CNC(C)(COC1CCCC(OC)C1)C(N)=O. The summed E-state index contributed by atoms with van der Waals surface area (Å²) in [5, 5.41) is 2.91. The van der Waals surface area contributed by atoms with Crippen molar-refractivity contribution in [1.82, 2.24) is 5.32 Å². The Morgan fingerprint density at radius 2 is 2.12 bits per heavy atom. The number of rotatable bonds is 6.